The summed E-state index contributed by atoms with van der Waals surface area (Å²) in [6.45, 7) is 5.66. The number of rotatable bonds is 3. The maximum Gasteiger partial charge on any atom is 0.131 e. The minimum Gasteiger partial charge on any atom is -0.297 e. The van der Waals surface area contributed by atoms with Crippen LogP contribution in [-0.4, -0.2) is 28.0 Å². The van der Waals surface area contributed by atoms with E-state index < -0.39 is 0 Å². The zero-order valence-electron chi connectivity index (χ0n) is 12.1. The molecule has 104 valence electrons. The number of fused-ring (bicyclic) bond motifs is 1. The highest BCUT2D eigenvalue weighted by Gasteiger charge is 2.22. The Morgan fingerprint density at radius 2 is 2.11 bits per heavy atom. The zero-order chi connectivity index (χ0) is 13.1. The first-order chi connectivity index (χ1) is 9.36. The number of nitrogens with zero attached hydrogens (tertiary/aromatic N) is 3. The molecule has 1 saturated carbocycles. The topological polar surface area (TPSA) is 29.0 Å². The van der Waals surface area contributed by atoms with Gasteiger partial charge in [0.25, 0.3) is 0 Å². The van der Waals surface area contributed by atoms with E-state index in [0.29, 0.717) is 5.92 Å². The number of hydrogen-bond donors (Lipinski definition) is 0. The first kappa shape index (κ1) is 13.0. The van der Waals surface area contributed by atoms with E-state index in [1.807, 2.05) is 0 Å². The molecule has 1 fully saturated rings. The molecule has 0 bridgehead atoms. The van der Waals surface area contributed by atoms with Crippen LogP contribution in [-0.2, 0) is 13.0 Å². The fourth-order valence-corrected chi connectivity index (χ4v) is 3.44. The molecule has 0 aromatic carbocycles. The second-order valence-corrected chi connectivity index (χ2v) is 6.06. The first-order valence-corrected chi connectivity index (χ1v) is 7.94. The highest BCUT2D eigenvalue weighted by atomic mass is 15.1. The minimum absolute atomic E-state index is 0.626. The lowest BCUT2D eigenvalue weighted by Crippen LogP contribution is -2.32. The van der Waals surface area contributed by atoms with Crippen LogP contribution in [0, 0.1) is 0 Å². The molecule has 1 aliphatic carbocycles. The lowest BCUT2D eigenvalue weighted by atomic mass is 9.88. The first-order valence-electron chi connectivity index (χ1n) is 7.94. The predicted molar refractivity (Wildman–Crippen MR) is 77.1 cm³/mol. The van der Waals surface area contributed by atoms with Crippen LogP contribution in [0.2, 0.25) is 0 Å². The van der Waals surface area contributed by atoms with E-state index in [4.69, 9.17) is 4.98 Å². The van der Waals surface area contributed by atoms with Crippen LogP contribution in [0.15, 0.2) is 6.20 Å². The fourth-order valence-electron chi connectivity index (χ4n) is 3.44. The van der Waals surface area contributed by atoms with Crippen molar-refractivity contribution in [2.24, 2.45) is 0 Å². The van der Waals surface area contributed by atoms with Gasteiger partial charge < -0.3 is 0 Å². The van der Waals surface area contributed by atoms with Crippen LogP contribution >= 0.6 is 0 Å². The average Bonchev–Trinajstić information content (AvgIpc) is 2.48. The van der Waals surface area contributed by atoms with Crippen molar-refractivity contribution in [1.29, 1.82) is 0 Å². The van der Waals surface area contributed by atoms with Gasteiger partial charge in [-0.05, 0) is 37.8 Å². The van der Waals surface area contributed by atoms with Crippen LogP contribution in [0.25, 0.3) is 0 Å². The van der Waals surface area contributed by atoms with Gasteiger partial charge in [-0.2, -0.15) is 0 Å². The molecule has 0 atom stereocenters. The Bertz CT molecular complexity index is 424. The smallest absolute Gasteiger partial charge is 0.131 e. The molecule has 0 unspecified atom stereocenters. The van der Waals surface area contributed by atoms with E-state index in [1.165, 1.54) is 62.9 Å². The maximum absolute atomic E-state index is 4.92. The summed E-state index contributed by atoms with van der Waals surface area (Å²) >= 11 is 0. The molecule has 0 radical (unpaired) electrons. The lowest BCUT2D eigenvalue weighted by Gasteiger charge is -2.28. The standard InChI is InChI=1S/C16H25N3/c1-2-9-19-10-8-14-11-17-16(18-15(14)12-19)13-6-4-3-5-7-13/h11,13H,2-10,12H2,1H3. The van der Waals surface area contributed by atoms with E-state index in [9.17, 15) is 0 Å². The molecule has 1 aliphatic heterocycles. The third kappa shape index (κ3) is 2.97. The summed E-state index contributed by atoms with van der Waals surface area (Å²) in [5.74, 6) is 1.75. The van der Waals surface area contributed by atoms with Gasteiger partial charge in [0.05, 0.1) is 5.69 Å². The second-order valence-electron chi connectivity index (χ2n) is 6.06. The molecule has 19 heavy (non-hydrogen) atoms. The molecular formula is C16H25N3. The highest BCUT2D eigenvalue weighted by Crippen LogP contribution is 2.31. The van der Waals surface area contributed by atoms with Crippen molar-refractivity contribution in [2.75, 3.05) is 13.1 Å². The molecule has 3 heteroatoms. The van der Waals surface area contributed by atoms with Gasteiger partial charge in [0.15, 0.2) is 0 Å². The SMILES string of the molecule is CCCN1CCc2cnc(C3CCCCC3)nc2C1. The van der Waals surface area contributed by atoms with Crippen LogP contribution in [0.1, 0.15) is 68.4 Å². The molecule has 3 rings (SSSR count). The van der Waals surface area contributed by atoms with Gasteiger partial charge in [0.2, 0.25) is 0 Å². The van der Waals surface area contributed by atoms with Gasteiger partial charge in [-0.15, -0.1) is 0 Å². The Kier molecular flexibility index (Phi) is 4.12. The fraction of sp³-hybridized carbons (Fsp3) is 0.750. The third-order valence-corrected chi connectivity index (χ3v) is 4.55. The average molecular weight is 259 g/mol. The van der Waals surface area contributed by atoms with Crippen molar-refractivity contribution in [2.45, 2.75) is 64.3 Å². The van der Waals surface area contributed by atoms with E-state index in [1.54, 1.807) is 0 Å². The van der Waals surface area contributed by atoms with Crippen molar-refractivity contribution < 1.29 is 0 Å². The summed E-state index contributed by atoms with van der Waals surface area (Å²) in [5.41, 5.74) is 2.68. The van der Waals surface area contributed by atoms with Crippen LogP contribution in [0.5, 0.6) is 0 Å². The molecule has 0 N–H and O–H groups in total. The van der Waals surface area contributed by atoms with E-state index in [0.717, 1.165) is 18.8 Å². The van der Waals surface area contributed by atoms with Gasteiger partial charge in [-0.1, -0.05) is 26.2 Å². The summed E-state index contributed by atoms with van der Waals surface area (Å²) < 4.78 is 0. The lowest BCUT2D eigenvalue weighted by molar-refractivity contribution is 0.249. The molecular weight excluding hydrogens is 234 g/mol. The van der Waals surface area contributed by atoms with Crippen molar-refractivity contribution >= 4 is 0 Å². The highest BCUT2D eigenvalue weighted by molar-refractivity contribution is 5.21. The molecule has 0 saturated heterocycles. The number of aromatic nitrogens is 2. The van der Waals surface area contributed by atoms with E-state index >= 15 is 0 Å². The van der Waals surface area contributed by atoms with Gasteiger partial charge in [0.1, 0.15) is 5.82 Å². The summed E-state index contributed by atoms with van der Waals surface area (Å²) in [6.07, 6.45) is 11.1. The molecule has 3 nitrogen and oxygen atoms in total. The molecule has 2 heterocycles. The van der Waals surface area contributed by atoms with Crippen LogP contribution in [0.4, 0.5) is 0 Å². The normalized spacial score (nSPS) is 21.3. The Morgan fingerprint density at radius 1 is 1.26 bits per heavy atom. The zero-order valence-corrected chi connectivity index (χ0v) is 12.1. The van der Waals surface area contributed by atoms with Gasteiger partial charge >= 0.3 is 0 Å². The summed E-state index contributed by atoms with van der Waals surface area (Å²) in [7, 11) is 0. The van der Waals surface area contributed by atoms with Crippen molar-refractivity contribution in [1.82, 2.24) is 14.9 Å². The van der Waals surface area contributed by atoms with E-state index in [-0.39, 0.29) is 0 Å². The molecule has 0 amide bonds. The summed E-state index contributed by atoms with van der Waals surface area (Å²) in [4.78, 5) is 12.1. The summed E-state index contributed by atoms with van der Waals surface area (Å²) in [6, 6.07) is 0. The Labute approximate surface area is 116 Å². The maximum atomic E-state index is 4.92. The van der Waals surface area contributed by atoms with Gasteiger partial charge in [-0.25, -0.2) is 9.97 Å². The minimum atomic E-state index is 0.626. The largest absolute Gasteiger partial charge is 0.297 e. The van der Waals surface area contributed by atoms with Crippen molar-refractivity contribution in [3.8, 4) is 0 Å². The van der Waals surface area contributed by atoms with Crippen LogP contribution < -0.4 is 0 Å². The van der Waals surface area contributed by atoms with Gasteiger partial charge in [-0.3, -0.25) is 4.90 Å². The summed E-state index contributed by atoms with van der Waals surface area (Å²) in [5, 5.41) is 0. The van der Waals surface area contributed by atoms with Gasteiger partial charge in [0, 0.05) is 25.2 Å². The quantitative estimate of drug-likeness (QED) is 0.834. The molecule has 2 aliphatic rings. The Balaban J connectivity index is 1.76. The second kappa shape index (κ2) is 6.00. The Morgan fingerprint density at radius 3 is 2.89 bits per heavy atom. The monoisotopic (exact) mass is 259 g/mol. The van der Waals surface area contributed by atoms with E-state index in [2.05, 4.69) is 23.0 Å². The van der Waals surface area contributed by atoms with Crippen LogP contribution in [0.3, 0.4) is 0 Å². The predicted octanol–water partition coefficient (Wildman–Crippen LogP) is 3.29. The number of hydrogen-bond acceptors (Lipinski definition) is 3. The molecule has 0 spiro atoms. The molecule has 1 aromatic heterocycles. The van der Waals surface area contributed by atoms with Crippen molar-refractivity contribution in [3.63, 3.8) is 0 Å². The third-order valence-electron chi connectivity index (χ3n) is 4.55. The van der Waals surface area contributed by atoms with Crippen molar-refractivity contribution in [3.05, 3.63) is 23.3 Å². The Hall–Kier alpha value is -0.960. The molecule has 1 aromatic rings.